The summed E-state index contributed by atoms with van der Waals surface area (Å²) in [6.07, 6.45) is 1.36. The Kier molecular flexibility index (Phi) is 6.03. The average Bonchev–Trinajstić information content (AvgIpc) is 3.21. The number of hydrazine groups is 1. The number of hydrogen-bond acceptors (Lipinski definition) is 6. The maximum atomic E-state index is 12.7. The van der Waals surface area contributed by atoms with Gasteiger partial charge in [-0.1, -0.05) is 37.3 Å². The van der Waals surface area contributed by atoms with E-state index in [4.69, 9.17) is 0 Å². The van der Waals surface area contributed by atoms with Gasteiger partial charge in [-0.25, -0.2) is 9.67 Å². The van der Waals surface area contributed by atoms with Crippen molar-refractivity contribution < 1.29 is 9.59 Å². The molecule has 0 spiro atoms. The van der Waals surface area contributed by atoms with E-state index in [1.54, 1.807) is 35.6 Å². The molecule has 2 amide bonds. The summed E-state index contributed by atoms with van der Waals surface area (Å²) in [5.74, 6) is -0.909. The lowest BCUT2D eigenvalue weighted by Gasteiger charge is -2.11. The number of nitrogens with zero attached hydrogens (tertiary/aromatic N) is 3. The Bertz CT molecular complexity index is 1290. The molecule has 0 aliphatic rings. The predicted octanol–water partition coefficient (Wildman–Crippen LogP) is 2.81. The van der Waals surface area contributed by atoms with Crippen LogP contribution in [0.5, 0.6) is 0 Å². The first-order chi connectivity index (χ1) is 15.1. The van der Waals surface area contributed by atoms with E-state index in [0.29, 0.717) is 30.2 Å². The van der Waals surface area contributed by atoms with Gasteiger partial charge in [0.05, 0.1) is 20.6 Å². The van der Waals surface area contributed by atoms with E-state index in [-0.39, 0.29) is 23.6 Å². The van der Waals surface area contributed by atoms with Gasteiger partial charge in [0.15, 0.2) is 5.69 Å². The van der Waals surface area contributed by atoms with E-state index in [1.165, 1.54) is 4.68 Å². The fraction of sp³-hybridized carbons (Fsp3) is 0.227. The van der Waals surface area contributed by atoms with Gasteiger partial charge >= 0.3 is 0 Å². The van der Waals surface area contributed by atoms with E-state index in [9.17, 15) is 14.4 Å². The van der Waals surface area contributed by atoms with Crippen LogP contribution in [0.2, 0.25) is 0 Å². The lowest BCUT2D eigenvalue weighted by atomic mass is 10.1. The fourth-order valence-corrected chi connectivity index (χ4v) is 4.23. The maximum Gasteiger partial charge on any atom is 0.290 e. The highest BCUT2D eigenvalue weighted by Crippen LogP contribution is 2.22. The molecule has 8 nitrogen and oxygen atoms in total. The summed E-state index contributed by atoms with van der Waals surface area (Å²) in [5.41, 5.74) is 5.60. The number of amides is 2. The summed E-state index contributed by atoms with van der Waals surface area (Å²) >= 11 is 1.55. The number of carbonyl (C=O) groups is 2. The molecule has 4 aromatic rings. The molecule has 0 fully saturated rings. The molecule has 0 aliphatic carbocycles. The van der Waals surface area contributed by atoms with Crippen molar-refractivity contribution in [2.24, 2.45) is 0 Å². The molecular formula is C22H21N5O3S. The van der Waals surface area contributed by atoms with Crippen molar-refractivity contribution in [3.05, 3.63) is 69.6 Å². The first kappa shape index (κ1) is 20.7. The zero-order valence-electron chi connectivity index (χ0n) is 16.9. The molecule has 0 bridgehead atoms. The van der Waals surface area contributed by atoms with Crippen molar-refractivity contribution in [1.29, 1.82) is 0 Å². The molecule has 2 aromatic carbocycles. The minimum atomic E-state index is -0.575. The minimum Gasteiger partial charge on any atom is -0.273 e. The van der Waals surface area contributed by atoms with Gasteiger partial charge in [0.25, 0.3) is 11.5 Å². The van der Waals surface area contributed by atoms with E-state index in [2.05, 4.69) is 20.9 Å². The van der Waals surface area contributed by atoms with E-state index < -0.39 is 5.91 Å². The monoisotopic (exact) mass is 435 g/mol. The summed E-state index contributed by atoms with van der Waals surface area (Å²) in [6.45, 7) is 2.33. The molecule has 0 saturated carbocycles. The van der Waals surface area contributed by atoms with Gasteiger partial charge in [-0.15, -0.1) is 11.3 Å². The second-order valence-electron chi connectivity index (χ2n) is 7.00. The molecule has 0 aliphatic heterocycles. The van der Waals surface area contributed by atoms with E-state index >= 15 is 0 Å². The highest BCUT2D eigenvalue weighted by molar-refractivity contribution is 7.18. The first-order valence-electron chi connectivity index (χ1n) is 10.0. The molecule has 2 N–H and O–H groups in total. The van der Waals surface area contributed by atoms with Crippen LogP contribution in [-0.4, -0.2) is 26.6 Å². The van der Waals surface area contributed by atoms with Crippen molar-refractivity contribution in [3.8, 4) is 0 Å². The van der Waals surface area contributed by atoms with Gasteiger partial charge in [0.2, 0.25) is 5.91 Å². The topological polar surface area (TPSA) is 106 Å². The first-order valence-corrected chi connectivity index (χ1v) is 10.8. The number of carbonyl (C=O) groups excluding carboxylic acids is 2. The quantitative estimate of drug-likeness (QED) is 0.453. The molecule has 0 radical (unpaired) electrons. The van der Waals surface area contributed by atoms with Crippen molar-refractivity contribution in [1.82, 2.24) is 25.6 Å². The summed E-state index contributed by atoms with van der Waals surface area (Å²) < 4.78 is 2.36. The third-order valence-corrected chi connectivity index (χ3v) is 5.83. The van der Waals surface area contributed by atoms with Crippen LogP contribution in [0.15, 0.2) is 53.3 Å². The number of rotatable bonds is 6. The van der Waals surface area contributed by atoms with Crippen LogP contribution in [0.3, 0.4) is 0 Å². The minimum absolute atomic E-state index is 0.0927. The maximum absolute atomic E-state index is 12.7. The molecular weight excluding hydrogens is 414 g/mol. The smallest absolute Gasteiger partial charge is 0.273 e. The Labute approximate surface area is 181 Å². The number of benzene rings is 2. The van der Waals surface area contributed by atoms with Crippen LogP contribution in [0.4, 0.5) is 0 Å². The predicted molar refractivity (Wildman–Crippen MR) is 120 cm³/mol. The van der Waals surface area contributed by atoms with Crippen molar-refractivity contribution in [2.75, 3.05) is 0 Å². The molecule has 9 heteroatoms. The Hall–Kier alpha value is -3.59. The van der Waals surface area contributed by atoms with Crippen molar-refractivity contribution in [3.63, 3.8) is 0 Å². The highest BCUT2D eigenvalue weighted by Gasteiger charge is 2.17. The van der Waals surface area contributed by atoms with Crippen LogP contribution in [0.25, 0.3) is 21.0 Å². The molecule has 0 atom stereocenters. The number of aryl methyl sites for hydroxylation is 2. The summed E-state index contributed by atoms with van der Waals surface area (Å²) in [4.78, 5) is 42.0. The van der Waals surface area contributed by atoms with Gasteiger partial charge < -0.3 is 0 Å². The van der Waals surface area contributed by atoms with Crippen LogP contribution < -0.4 is 16.4 Å². The summed E-state index contributed by atoms with van der Waals surface area (Å²) in [7, 11) is 0. The molecule has 0 saturated heterocycles. The standard InChI is InChI=1S/C22H21N5O3S/c1-2-13-27-22(30)15-8-4-3-7-14(15)20(26-27)21(29)25-24-18(28)11-12-19-23-16-9-5-6-10-17(16)31-19/h3-10H,2,11-13H2,1H3,(H,24,28)(H,25,29). The van der Waals surface area contributed by atoms with Gasteiger partial charge in [0, 0.05) is 24.8 Å². The summed E-state index contributed by atoms with van der Waals surface area (Å²) in [6, 6.07) is 14.6. The van der Waals surface area contributed by atoms with Crippen LogP contribution in [0, 0.1) is 0 Å². The highest BCUT2D eigenvalue weighted by atomic mass is 32.1. The van der Waals surface area contributed by atoms with Crippen LogP contribution in [-0.2, 0) is 17.8 Å². The van der Waals surface area contributed by atoms with Crippen molar-refractivity contribution >= 4 is 44.1 Å². The zero-order chi connectivity index (χ0) is 21.8. The number of thiazole rings is 1. The molecule has 2 aromatic heterocycles. The van der Waals surface area contributed by atoms with Crippen LogP contribution in [0.1, 0.15) is 35.3 Å². The molecule has 2 heterocycles. The third-order valence-electron chi connectivity index (χ3n) is 4.74. The largest absolute Gasteiger partial charge is 0.290 e. The number of hydrogen-bond donors (Lipinski definition) is 2. The zero-order valence-corrected chi connectivity index (χ0v) is 17.7. The van der Waals surface area contributed by atoms with E-state index in [0.717, 1.165) is 15.2 Å². The van der Waals surface area contributed by atoms with E-state index in [1.807, 2.05) is 31.2 Å². The Balaban J connectivity index is 1.43. The molecule has 31 heavy (non-hydrogen) atoms. The Morgan fingerprint density at radius 3 is 2.55 bits per heavy atom. The Morgan fingerprint density at radius 1 is 1.03 bits per heavy atom. The lowest BCUT2D eigenvalue weighted by molar-refractivity contribution is -0.121. The molecule has 4 rings (SSSR count). The average molecular weight is 436 g/mol. The summed E-state index contributed by atoms with van der Waals surface area (Å²) in [5, 5.41) is 5.94. The SMILES string of the molecule is CCCn1nc(C(=O)NNC(=O)CCc2nc3ccccc3s2)c2ccccc2c1=O. The fourth-order valence-electron chi connectivity index (χ4n) is 3.26. The second kappa shape index (κ2) is 9.05. The lowest BCUT2D eigenvalue weighted by Crippen LogP contribution is -2.42. The number of fused-ring (bicyclic) bond motifs is 2. The second-order valence-corrected chi connectivity index (χ2v) is 8.12. The van der Waals surface area contributed by atoms with Gasteiger partial charge in [-0.3, -0.25) is 25.2 Å². The number of para-hydroxylation sites is 1. The van der Waals surface area contributed by atoms with Crippen molar-refractivity contribution in [2.45, 2.75) is 32.7 Å². The molecule has 158 valence electrons. The normalized spacial score (nSPS) is 11.0. The van der Waals surface area contributed by atoms with Gasteiger partial charge in [-0.2, -0.15) is 5.10 Å². The third kappa shape index (κ3) is 4.46. The van der Waals surface area contributed by atoms with Gasteiger partial charge in [0.1, 0.15) is 0 Å². The Morgan fingerprint density at radius 2 is 1.77 bits per heavy atom. The van der Waals surface area contributed by atoms with Gasteiger partial charge in [-0.05, 0) is 24.6 Å². The molecule has 0 unspecified atom stereocenters. The number of aromatic nitrogens is 3. The number of nitrogens with one attached hydrogen (secondary N) is 2. The van der Waals surface area contributed by atoms with Crippen LogP contribution >= 0.6 is 11.3 Å².